The van der Waals surface area contributed by atoms with Crippen molar-refractivity contribution in [2.75, 3.05) is 6.61 Å². The molecule has 1 aromatic heterocycles. The number of aromatic nitrogens is 2. The number of unbranched alkanes of at least 4 members (excludes halogenated alkanes) is 1. The predicted octanol–water partition coefficient (Wildman–Crippen LogP) is 1.20. The summed E-state index contributed by atoms with van der Waals surface area (Å²) in [6.45, 7) is 2.84. The Hall–Kier alpha value is -2.04. The highest BCUT2D eigenvalue weighted by molar-refractivity contribution is 5.31. The molecule has 1 heterocycles. The quantitative estimate of drug-likeness (QED) is 0.576. The molecule has 5 nitrogen and oxygen atoms in total. The Labute approximate surface area is 99.2 Å². The van der Waals surface area contributed by atoms with E-state index in [1.54, 1.807) is 0 Å². The van der Waals surface area contributed by atoms with Crippen LogP contribution >= 0.6 is 0 Å². The second kappa shape index (κ2) is 5.34. The fraction of sp³-hybridized carbons (Fsp3) is 0.333. The Kier molecular flexibility index (Phi) is 3.59. The molecule has 17 heavy (non-hydrogen) atoms. The maximum atomic E-state index is 10.8. The Morgan fingerprint density at radius 3 is 2.71 bits per heavy atom. The van der Waals surface area contributed by atoms with E-state index in [9.17, 15) is 5.11 Å². The number of hydrogen-bond donors (Lipinski definition) is 0. The molecule has 0 aliphatic heterocycles. The van der Waals surface area contributed by atoms with Crippen molar-refractivity contribution >= 4 is 0 Å². The van der Waals surface area contributed by atoms with Crippen LogP contribution in [0.5, 0.6) is 11.7 Å². The molecular weight excluding hydrogens is 220 g/mol. The summed E-state index contributed by atoms with van der Waals surface area (Å²) in [5.74, 6) is 0.349. The molecule has 2 rings (SSSR count). The molecule has 0 aliphatic rings. The molecule has 0 bridgehead atoms. The topological polar surface area (TPSA) is 62.2 Å². The average Bonchev–Trinajstić information content (AvgIpc) is 2.77. The van der Waals surface area contributed by atoms with E-state index in [-0.39, 0.29) is 0 Å². The summed E-state index contributed by atoms with van der Waals surface area (Å²) in [5.41, 5.74) is 0.763. The summed E-state index contributed by atoms with van der Waals surface area (Å²) in [5, 5.41) is 14.4. The van der Waals surface area contributed by atoms with Gasteiger partial charge in [-0.2, -0.15) is 0 Å². The zero-order valence-corrected chi connectivity index (χ0v) is 9.63. The van der Waals surface area contributed by atoms with E-state index < -0.39 is 5.95 Å². The van der Waals surface area contributed by atoms with E-state index in [1.807, 2.05) is 24.3 Å². The highest BCUT2D eigenvalue weighted by atomic mass is 16.6. The third kappa shape index (κ3) is 2.96. The van der Waals surface area contributed by atoms with Gasteiger partial charge in [0.1, 0.15) is 11.7 Å². The van der Waals surface area contributed by atoms with Crippen molar-refractivity contribution in [1.82, 2.24) is 5.27 Å². The normalized spacial score (nSPS) is 10.4. The van der Waals surface area contributed by atoms with E-state index in [4.69, 9.17) is 4.74 Å². The number of nitrogens with zero attached hydrogens (tertiary/aromatic N) is 2. The van der Waals surface area contributed by atoms with Gasteiger partial charge in [0.2, 0.25) is 11.9 Å². The Morgan fingerprint density at radius 1 is 1.35 bits per heavy atom. The van der Waals surface area contributed by atoms with Crippen molar-refractivity contribution in [2.24, 2.45) is 0 Å². The first-order chi connectivity index (χ1) is 8.29. The van der Waals surface area contributed by atoms with Crippen LogP contribution in [0, 0.1) is 0 Å². The van der Waals surface area contributed by atoms with Gasteiger partial charge in [0.15, 0.2) is 0 Å². The monoisotopic (exact) mass is 234 g/mol. The van der Waals surface area contributed by atoms with Gasteiger partial charge in [-0.25, -0.2) is 0 Å². The number of hydrogen-bond acceptors (Lipinski definition) is 4. The van der Waals surface area contributed by atoms with Crippen molar-refractivity contribution in [3.05, 3.63) is 30.5 Å². The van der Waals surface area contributed by atoms with Gasteiger partial charge >= 0.3 is 0 Å². The first-order valence-corrected chi connectivity index (χ1v) is 5.58. The molecule has 0 N–H and O–H groups in total. The van der Waals surface area contributed by atoms with Gasteiger partial charge in [-0.05, 0) is 23.2 Å². The van der Waals surface area contributed by atoms with Crippen molar-refractivity contribution in [3.8, 4) is 17.4 Å². The van der Waals surface area contributed by atoms with Gasteiger partial charge in [-0.15, -0.1) is 0 Å². The number of benzene rings is 1. The SMILES string of the molecule is CCCCOc1ccc(-[n+]2cc([O-])on2)cc1. The molecule has 0 radical (unpaired) electrons. The highest BCUT2D eigenvalue weighted by Crippen LogP contribution is 2.12. The molecule has 90 valence electrons. The lowest BCUT2D eigenvalue weighted by atomic mass is 10.3. The lowest BCUT2D eigenvalue weighted by Crippen LogP contribution is -2.31. The van der Waals surface area contributed by atoms with Crippen LogP contribution in [-0.2, 0) is 0 Å². The van der Waals surface area contributed by atoms with Crippen LogP contribution in [0.15, 0.2) is 35.0 Å². The second-order valence-corrected chi connectivity index (χ2v) is 3.66. The van der Waals surface area contributed by atoms with Crippen LogP contribution < -0.4 is 14.5 Å². The zero-order chi connectivity index (χ0) is 12.1. The fourth-order valence-electron chi connectivity index (χ4n) is 1.38. The van der Waals surface area contributed by atoms with Crippen LogP contribution in [0.1, 0.15) is 19.8 Å². The summed E-state index contributed by atoms with van der Waals surface area (Å²) < 4.78 is 11.4. The average molecular weight is 234 g/mol. The van der Waals surface area contributed by atoms with Crippen molar-refractivity contribution in [2.45, 2.75) is 19.8 Å². The molecule has 0 aliphatic carbocycles. The Balaban J connectivity index is 2.02. The third-order valence-electron chi connectivity index (χ3n) is 2.31. The second-order valence-electron chi connectivity index (χ2n) is 3.66. The summed E-state index contributed by atoms with van der Waals surface area (Å²) >= 11 is 0. The lowest BCUT2D eigenvalue weighted by molar-refractivity contribution is -0.670. The van der Waals surface area contributed by atoms with Crippen molar-refractivity contribution in [3.63, 3.8) is 0 Å². The van der Waals surface area contributed by atoms with Crippen LogP contribution in [0.3, 0.4) is 0 Å². The molecule has 0 atom stereocenters. The first kappa shape index (κ1) is 11.4. The molecular formula is C12H14N2O3. The molecule has 2 aromatic rings. The minimum Gasteiger partial charge on any atom is -0.539 e. The van der Waals surface area contributed by atoms with Crippen LogP contribution in [0.2, 0.25) is 0 Å². The maximum absolute atomic E-state index is 10.8. The lowest BCUT2D eigenvalue weighted by Gasteiger charge is -2.03. The molecule has 5 heteroatoms. The fourth-order valence-corrected chi connectivity index (χ4v) is 1.38. The van der Waals surface area contributed by atoms with E-state index in [1.165, 1.54) is 10.9 Å². The molecule has 0 fully saturated rings. The minimum absolute atomic E-state index is 0.465. The van der Waals surface area contributed by atoms with Gasteiger partial charge in [-0.1, -0.05) is 13.3 Å². The Bertz CT molecular complexity index is 465. The van der Waals surface area contributed by atoms with Crippen LogP contribution in [0.4, 0.5) is 0 Å². The molecule has 0 saturated carbocycles. The Morgan fingerprint density at radius 2 is 2.12 bits per heavy atom. The molecule has 0 spiro atoms. The van der Waals surface area contributed by atoms with E-state index >= 15 is 0 Å². The smallest absolute Gasteiger partial charge is 0.239 e. The van der Waals surface area contributed by atoms with Gasteiger partial charge < -0.3 is 14.4 Å². The molecule has 0 amide bonds. The van der Waals surface area contributed by atoms with Gasteiger partial charge in [0.25, 0.3) is 0 Å². The summed E-state index contributed by atoms with van der Waals surface area (Å²) in [6, 6.07) is 7.33. The van der Waals surface area contributed by atoms with Crippen LogP contribution in [-0.4, -0.2) is 11.9 Å². The molecule has 0 unspecified atom stereocenters. The van der Waals surface area contributed by atoms with Crippen molar-refractivity contribution in [1.29, 1.82) is 0 Å². The van der Waals surface area contributed by atoms with Crippen molar-refractivity contribution < 1.29 is 19.0 Å². The van der Waals surface area contributed by atoms with E-state index in [0.29, 0.717) is 0 Å². The largest absolute Gasteiger partial charge is 0.539 e. The van der Waals surface area contributed by atoms with E-state index in [2.05, 4.69) is 16.7 Å². The summed E-state index contributed by atoms with van der Waals surface area (Å²) in [7, 11) is 0. The van der Waals surface area contributed by atoms with Gasteiger partial charge in [-0.3, -0.25) is 0 Å². The maximum Gasteiger partial charge on any atom is 0.239 e. The molecule has 1 aromatic carbocycles. The zero-order valence-electron chi connectivity index (χ0n) is 9.63. The number of ether oxygens (including phenoxy) is 1. The summed E-state index contributed by atoms with van der Waals surface area (Å²) in [6.07, 6.45) is 3.44. The minimum atomic E-state index is -0.465. The predicted molar refractivity (Wildman–Crippen MR) is 57.9 cm³/mol. The standard InChI is InChI=1S/C12H14N2O3/c1-2-3-8-16-11-6-4-10(5-7-11)14-9-12(15)17-13-14/h4-7,9H,2-3,8H2,1H3. The first-order valence-electron chi connectivity index (χ1n) is 5.58. The van der Waals surface area contributed by atoms with E-state index in [0.717, 1.165) is 30.9 Å². The summed E-state index contributed by atoms with van der Waals surface area (Å²) in [4.78, 5) is 0. The van der Waals surface area contributed by atoms with Crippen LogP contribution in [0.25, 0.3) is 5.69 Å². The third-order valence-corrected chi connectivity index (χ3v) is 2.31. The molecule has 0 saturated heterocycles. The van der Waals surface area contributed by atoms with Gasteiger partial charge in [0.05, 0.1) is 11.9 Å². The van der Waals surface area contributed by atoms with Gasteiger partial charge in [0, 0.05) is 12.1 Å². The highest BCUT2D eigenvalue weighted by Gasteiger charge is 2.08. The number of rotatable bonds is 5.